The van der Waals surface area contributed by atoms with E-state index in [9.17, 15) is 0 Å². The van der Waals surface area contributed by atoms with Crippen LogP contribution in [0.3, 0.4) is 0 Å². The van der Waals surface area contributed by atoms with E-state index < -0.39 is 0 Å². The van der Waals surface area contributed by atoms with Crippen LogP contribution in [-0.2, 0) is 17.7 Å². The van der Waals surface area contributed by atoms with E-state index in [1.165, 1.54) is 6.42 Å². The minimum Gasteiger partial charge on any atom is -0.378 e. The molecular weight excluding hydrogens is 252 g/mol. The predicted molar refractivity (Wildman–Crippen MR) is 76.5 cm³/mol. The summed E-state index contributed by atoms with van der Waals surface area (Å²) in [5.41, 5.74) is 6.78. The van der Waals surface area contributed by atoms with Gasteiger partial charge in [-0.25, -0.2) is 0 Å². The van der Waals surface area contributed by atoms with Crippen molar-refractivity contribution >= 4 is 0 Å². The highest BCUT2D eigenvalue weighted by Gasteiger charge is 2.38. The number of nitrogens with two attached hydrogens (primary N) is 1. The number of methoxy groups -OCH3 is 1. The van der Waals surface area contributed by atoms with Crippen LogP contribution in [0, 0.1) is 0 Å². The number of rotatable bonds is 5. The standard InChI is InChI=1S/C15H20N4O/c1-20-15(8-5-9-15)10-13-17-18-14(11-16)19(13)12-6-3-2-4-7-12/h2-4,6-7H,5,8-11,16H2,1H3. The third kappa shape index (κ3) is 2.23. The van der Waals surface area contributed by atoms with Gasteiger partial charge in [-0.1, -0.05) is 18.2 Å². The molecule has 1 heterocycles. The molecule has 2 N–H and O–H groups in total. The summed E-state index contributed by atoms with van der Waals surface area (Å²) in [5.74, 6) is 1.72. The first kappa shape index (κ1) is 13.3. The first-order valence-electron chi connectivity index (χ1n) is 7.02. The second-order valence-corrected chi connectivity index (χ2v) is 5.33. The van der Waals surface area contributed by atoms with Gasteiger partial charge < -0.3 is 10.5 Å². The molecule has 1 saturated carbocycles. The molecule has 5 nitrogen and oxygen atoms in total. The van der Waals surface area contributed by atoms with Crippen molar-refractivity contribution in [1.29, 1.82) is 0 Å². The summed E-state index contributed by atoms with van der Waals surface area (Å²) in [6.07, 6.45) is 4.18. The lowest BCUT2D eigenvalue weighted by molar-refractivity contribution is -0.0723. The summed E-state index contributed by atoms with van der Waals surface area (Å²) in [4.78, 5) is 0. The van der Waals surface area contributed by atoms with Gasteiger partial charge >= 0.3 is 0 Å². The Bertz CT molecular complexity index is 569. The highest BCUT2D eigenvalue weighted by atomic mass is 16.5. The lowest BCUT2D eigenvalue weighted by Gasteiger charge is -2.40. The van der Waals surface area contributed by atoms with Crippen molar-refractivity contribution in [2.75, 3.05) is 7.11 Å². The smallest absolute Gasteiger partial charge is 0.151 e. The van der Waals surface area contributed by atoms with Crippen molar-refractivity contribution in [2.24, 2.45) is 5.73 Å². The molecule has 20 heavy (non-hydrogen) atoms. The summed E-state index contributed by atoms with van der Waals surface area (Å²) in [5, 5.41) is 8.55. The van der Waals surface area contributed by atoms with E-state index in [0.717, 1.165) is 36.6 Å². The van der Waals surface area contributed by atoms with E-state index in [-0.39, 0.29) is 5.60 Å². The number of benzene rings is 1. The van der Waals surface area contributed by atoms with E-state index in [4.69, 9.17) is 10.5 Å². The Morgan fingerprint density at radius 1 is 1.20 bits per heavy atom. The van der Waals surface area contributed by atoms with E-state index in [1.807, 2.05) is 30.3 Å². The van der Waals surface area contributed by atoms with Crippen LogP contribution in [-0.4, -0.2) is 27.5 Å². The van der Waals surface area contributed by atoms with Gasteiger partial charge in [-0.3, -0.25) is 4.57 Å². The first-order valence-corrected chi connectivity index (χ1v) is 7.02. The lowest BCUT2D eigenvalue weighted by atomic mass is 9.77. The number of ether oxygens (including phenoxy) is 1. The number of aromatic nitrogens is 3. The maximum Gasteiger partial charge on any atom is 0.151 e. The highest BCUT2D eigenvalue weighted by Crippen LogP contribution is 2.38. The van der Waals surface area contributed by atoms with Crippen molar-refractivity contribution < 1.29 is 4.74 Å². The van der Waals surface area contributed by atoms with Crippen molar-refractivity contribution in [3.8, 4) is 5.69 Å². The monoisotopic (exact) mass is 272 g/mol. The minimum absolute atomic E-state index is 0.0641. The summed E-state index contributed by atoms with van der Waals surface area (Å²) < 4.78 is 7.75. The average Bonchev–Trinajstić information content (AvgIpc) is 2.86. The molecule has 0 unspecified atom stereocenters. The second-order valence-electron chi connectivity index (χ2n) is 5.33. The van der Waals surface area contributed by atoms with Gasteiger partial charge in [0, 0.05) is 19.2 Å². The topological polar surface area (TPSA) is 66.0 Å². The molecule has 0 amide bonds. The summed E-state index contributed by atoms with van der Waals surface area (Å²) >= 11 is 0. The Morgan fingerprint density at radius 3 is 2.45 bits per heavy atom. The zero-order valence-electron chi connectivity index (χ0n) is 11.7. The maximum atomic E-state index is 5.79. The number of hydrogen-bond acceptors (Lipinski definition) is 4. The Labute approximate surface area is 118 Å². The van der Waals surface area contributed by atoms with Crippen molar-refractivity contribution in [2.45, 2.75) is 37.8 Å². The van der Waals surface area contributed by atoms with Crippen LogP contribution in [0.1, 0.15) is 30.9 Å². The van der Waals surface area contributed by atoms with Gasteiger partial charge in [-0.2, -0.15) is 0 Å². The quantitative estimate of drug-likeness (QED) is 0.902. The second kappa shape index (κ2) is 5.34. The molecule has 1 fully saturated rings. The van der Waals surface area contributed by atoms with Gasteiger partial charge in [0.2, 0.25) is 0 Å². The van der Waals surface area contributed by atoms with E-state index in [2.05, 4.69) is 14.8 Å². The maximum absolute atomic E-state index is 5.79. The van der Waals surface area contributed by atoms with Gasteiger partial charge in [-0.05, 0) is 31.4 Å². The van der Waals surface area contributed by atoms with Crippen molar-refractivity contribution in [3.63, 3.8) is 0 Å². The molecule has 3 rings (SSSR count). The van der Waals surface area contributed by atoms with Crippen LogP contribution >= 0.6 is 0 Å². The third-order valence-corrected chi connectivity index (χ3v) is 4.17. The van der Waals surface area contributed by atoms with Crippen molar-refractivity contribution in [1.82, 2.24) is 14.8 Å². The van der Waals surface area contributed by atoms with E-state index in [1.54, 1.807) is 7.11 Å². The molecule has 0 aliphatic heterocycles. The highest BCUT2D eigenvalue weighted by molar-refractivity contribution is 5.34. The molecule has 0 atom stereocenters. The minimum atomic E-state index is -0.0641. The van der Waals surface area contributed by atoms with Crippen LogP contribution in [0.25, 0.3) is 5.69 Å². The van der Waals surface area contributed by atoms with Crippen LogP contribution in [0.5, 0.6) is 0 Å². The number of para-hydroxylation sites is 1. The zero-order valence-corrected chi connectivity index (χ0v) is 11.7. The molecule has 0 spiro atoms. The Hall–Kier alpha value is -1.72. The van der Waals surface area contributed by atoms with Crippen LogP contribution in [0.2, 0.25) is 0 Å². The summed E-state index contributed by atoms with van der Waals surface area (Å²) in [6, 6.07) is 10.1. The molecule has 0 bridgehead atoms. The van der Waals surface area contributed by atoms with Gasteiger partial charge in [0.25, 0.3) is 0 Å². The largest absolute Gasteiger partial charge is 0.378 e. The molecule has 1 aliphatic rings. The van der Waals surface area contributed by atoms with Crippen LogP contribution < -0.4 is 5.73 Å². The van der Waals surface area contributed by atoms with Gasteiger partial charge in [0.05, 0.1) is 12.1 Å². The summed E-state index contributed by atoms with van der Waals surface area (Å²) in [7, 11) is 1.78. The van der Waals surface area contributed by atoms with Crippen LogP contribution in [0.4, 0.5) is 0 Å². The average molecular weight is 272 g/mol. The molecular formula is C15H20N4O. The summed E-state index contributed by atoms with van der Waals surface area (Å²) in [6.45, 7) is 0.377. The van der Waals surface area contributed by atoms with Gasteiger partial charge in [0.15, 0.2) is 5.82 Å². The molecule has 0 radical (unpaired) electrons. The molecule has 1 aromatic carbocycles. The molecule has 5 heteroatoms. The van der Waals surface area contributed by atoms with Gasteiger partial charge in [0.1, 0.15) is 5.82 Å². The first-order chi connectivity index (χ1) is 9.78. The SMILES string of the molecule is COC1(Cc2nnc(CN)n2-c2ccccc2)CCC1. The fraction of sp³-hybridized carbons (Fsp3) is 0.467. The van der Waals surface area contributed by atoms with E-state index >= 15 is 0 Å². The Kier molecular flexibility index (Phi) is 3.54. The Morgan fingerprint density at radius 2 is 1.90 bits per heavy atom. The number of nitrogens with zero attached hydrogens (tertiary/aromatic N) is 3. The Balaban J connectivity index is 1.98. The van der Waals surface area contributed by atoms with Crippen molar-refractivity contribution in [3.05, 3.63) is 42.0 Å². The predicted octanol–water partition coefficient (Wildman–Crippen LogP) is 1.84. The third-order valence-electron chi connectivity index (χ3n) is 4.17. The molecule has 1 aliphatic carbocycles. The lowest BCUT2D eigenvalue weighted by Crippen LogP contribution is -2.42. The van der Waals surface area contributed by atoms with Crippen LogP contribution in [0.15, 0.2) is 30.3 Å². The molecule has 2 aromatic rings. The fourth-order valence-corrected chi connectivity index (χ4v) is 2.79. The molecule has 0 saturated heterocycles. The fourth-order valence-electron chi connectivity index (χ4n) is 2.79. The van der Waals surface area contributed by atoms with Gasteiger partial charge in [-0.15, -0.1) is 10.2 Å². The van der Waals surface area contributed by atoms with E-state index in [0.29, 0.717) is 6.54 Å². The molecule has 106 valence electrons. The zero-order chi connectivity index (χ0) is 14.0. The number of hydrogen-bond donors (Lipinski definition) is 1. The molecule has 1 aromatic heterocycles. The normalized spacial score (nSPS) is 16.9.